The smallest absolute Gasteiger partial charge is 0.744 e. The molecule has 13 nitrogen and oxygen atoms in total. The first-order valence-corrected chi connectivity index (χ1v) is 20.7. The summed E-state index contributed by atoms with van der Waals surface area (Å²) in [6.45, 7) is 8.74. The van der Waals surface area contributed by atoms with Crippen LogP contribution in [0.3, 0.4) is 0 Å². The molecule has 0 bridgehead atoms. The molecule has 3 aromatic rings. The Hall–Kier alpha value is -2.45. The number of rotatable bonds is 6. The molecule has 0 aliphatic carbocycles. The molecular weight excluding hydrogens is 717 g/mol. The van der Waals surface area contributed by atoms with Gasteiger partial charge in [-0.25, -0.2) is 25.3 Å². The van der Waals surface area contributed by atoms with Gasteiger partial charge in [-0.15, -0.1) is 35.3 Å². The molecule has 0 N–H and O–H groups in total. The van der Waals surface area contributed by atoms with Gasteiger partial charge in [0.2, 0.25) is 0 Å². The predicted molar refractivity (Wildman–Crippen MR) is 177 cm³/mol. The van der Waals surface area contributed by atoms with Gasteiger partial charge in [0.15, 0.2) is 0 Å². The van der Waals surface area contributed by atoms with E-state index in [4.69, 9.17) is 0 Å². The van der Waals surface area contributed by atoms with Gasteiger partial charge in [-0.05, 0) is 75.4 Å². The third kappa shape index (κ3) is 8.91. The largest absolute Gasteiger partial charge is 3.00 e. The highest BCUT2D eigenvalue weighted by atomic mass is 32.2. The van der Waals surface area contributed by atoms with Crippen LogP contribution < -0.4 is 20.9 Å². The molecule has 0 unspecified atom stereocenters. The van der Waals surface area contributed by atoms with E-state index in [0.29, 0.717) is 0 Å². The first kappa shape index (κ1) is 38.0. The fourth-order valence-corrected chi connectivity index (χ4v) is 9.75. The summed E-state index contributed by atoms with van der Waals surface area (Å²) >= 11 is 4.66. The molecule has 248 valence electrons. The number of hydrogen-bond donors (Lipinski definition) is 0. The Balaban J connectivity index is 0.000000186. The molecule has 0 aromatic heterocycles. The zero-order valence-electron chi connectivity index (χ0n) is 24.9. The molecule has 3 aliphatic heterocycles. The fourth-order valence-electron chi connectivity index (χ4n) is 4.52. The van der Waals surface area contributed by atoms with Gasteiger partial charge in [0, 0.05) is 34.3 Å². The first-order valence-electron chi connectivity index (χ1n) is 13.5. The Morgan fingerprint density at radius 1 is 0.522 bits per heavy atom. The van der Waals surface area contributed by atoms with E-state index < -0.39 is 30.4 Å². The van der Waals surface area contributed by atoms with Crippen molar-refractivity contribution in [2.75, 3.05) is 52.0 Å². The summed E-state index contributed by atoms with van der Waals surface area (Å²) in [7, 11) is -13.0. The number of benzene rings is 3. The van der Waals surface area contributed by atoms with Gasteiger partial charge in [-0.2, -0.15) is 0 Å². The molecule has 0 saturated heterocycles. The maximum Gasteiger partial charge on any atom is 3.00 e. The molecule has 2 radical (unpaired) electrons. The van der Waals surface area contributed by atoms with Crippen LogP contribution in [0.1, 0.15) is 20.8 Å². The van der Waals surface area contributed by atoms with Crippen molar-refractivity contribution in [2.24, 2.45) is 0 Å². The molecule has 0 atom stereocenters. The first-order chi connectivity index (χ1) is 21.1. The molecule has 0 fully saturated rings. The SMILES string of the molecule is CCN1CSc2cc(S(=O)(=O)[O-])ccc21.CCN1CSc2cc(S(=O)(=O)[O-])ccc21.CCN1CSc2cc(S(=O)(=O)[O-])ccc21.[N+3]. The Morgan fingerprint density at radius 3 is 0.957 bits per heavy atom. The average Bonchev–Trinajstić information content (AvgIpc) is 3.71. The maximum absolute atomic E-state index is 10.8. The van der Waals surface area contributed by atoms with E-state index >= 15 is 0 Å². The van der Waals surface area contributed by atoms with Crippen LogP contribution >= 0.6 is 35.3 Å². The standard InChI is InChI=1S/3C9H11NO3S2.N/c3*1-2-10-6-14-9-5-7(15(11,12)13)3-4-8(9)10;/h3*3-5H,2,6H2,1H3,(H,11,12,13);/q;;;+3/p-3. The molecule has 3 aromatic carbocycles. The minimum atomic E-state index is -4.33. The van der Waals surface area contributed by atoms with Gasteiger partial charge in [-0.3, -0.25) is 0 Å². The van der Waals surface area contributed by atoms with Crippen molar-refractivity contribution < 1.29 is 38.9 Å². The highest BCUT2D eigenvalue weighted by Crippen LogP contribution is 2.41. The third-order valence-corrected chi connectivity index (χ3v) is 12.7. The lowest BCUT2D eigenvalue weighted by Crippen LogP contribution is -2.17. The normalized spacial score (nSPS) is 15.1. The van der Waals surface area contributed by atoms with Gasteiger partial charge < -0.3 is 28.4 Å². The van der Waals surface area contributed by atoms with Crippen LogP contribution in [-0.2, 0) is 30.4 Å². The monoisotopic (exact) mass is 746 g/mol. The Morgan fingerprint density at radius 2 is 0.761 bits per heavy atom. The van der Waals surface area contributed by atoms with Gasteiger partial charge in [0.1, 0.15) is 30.4 Å². The highest BCUT2D eigenvalue weighted by molar-refractivity contribution is 8.00. The molecule has 0 amide bonds. The van der Waals surface area contributed by atoms with Crippen LogP contribution in [0, 0.1) is 0 Å². The van der Waals surface area contributed by atoms with E-state index in [1.54, 1.807) is 53.5 Å². The molecule has 19 heteroatoms. The molecule has 3 heterocycles. The fraction of sp³-hybridized carbons (Fsp3) is 0.333. The van der Waals surface area contributed by atoms with E-state index in [1.165, 1.54) is 36.4 Å². The number of nitrogens with zero attached hydrogens (tertiary/aromatic N) is 4. The molecule has 0 spiro atoms. The summed E-state index contributed by atoms with van der Waals surface area (Å²) in [4.78, 5) is 8.55. The van der Waals surface area contributed by atoms with Gasteiger partial charge in [0.25, 0.3) is 0 Å². The zero-order valence-corrected chi connectivity index (χ0v) is 29.8. The van der Waals surface area contributed by atoms with Crippen molar-refractivity contribution in [1.82, 2.24) is 6.15 Å². The predicted octanol–water partition coefficient (Wildman–Crippen LogP) is 3.96. The summed E-state index contributed by atoms with van der Waals surface area (Å²) in [5.74, 6) is 2.44. The quantitative estimate of drug-likeness (QED) is 0.327. The van der Waals surface area contributed by atoms with E-state index in [-0.39, 0.29) is 20.8 Å². The molecule has 46 heavy (non-hydrogen) atoms. The summed E-state index contributed by atoms with van der Waals surface area (Å²) in [5, 5.41) is 0. The average molecular weight is 747 g/mol. The van der Waals surface area contributed by atoms with E-state index in [0.717, 1.165) is 69.0 Å². The third-order valence-electron chi connectivity index (χ3n) is 6.95. The summed E-state index contributed by atoms with van der Waals surface area (Å²) in [5.41, 5.74) is 3.03. The Kier molecular flexibility index (Phi) is 12.5. The van der Waals surface area contributed by atoms with E-state index in [1.807, 2.05) is 20.8 Å². The van der Waals surface area contributed by atoms with Crippen molar-refractivity contribution in [3.8, 4) is 0 Å². The molecule has 0 saturated carbocycles. The van der Waals surface area contributed by atoms with Gasteiger partial charge in [0.05, 0.1) is 49.4 Å². The van der Waals surface area contributed by atoms with Crippen LogP contribution in [0.2, 0.25) is 0 Å². The second kappa shape index (κ2) is 15.2. The number of thioether (sulfide) groups is 3. The van der Waals surface area contributed by atoms with Crippen molar-refractivity contribution in [3.63, 3.8) is 0 Å². The summed E-state index contributed by atoms with van der Waals surface area (Å²) < 4.78 is 97.2. The Bertz CT molecular complexity index is 1670. The lowest BCUT2D eigenvalue weighted by atomic mass is 10.3. The maximum atomic E-state index is 10.8. The topological polar surface area (TPSA) is 212 Å². The van der Waals surface area contributed by atoms with Crippen molar-refractivity contribution in [2.45, 2.75) is 50.1 Å². The molecule has 3 aliphatic rings. The number of fused-ring (bicyclic) bond motifs is 3. The zero-order chi connectivity index (χ0) is 33.2. The number of hydrogen-bond acceptors (Lipinski definition) is 15. The van der Waals surface area contributed by atoms with Crippen LogP contribution in [0.5, 0.6) is 0 Å². The van der Waals surface area contributed by atoms with Crippen molar-refractivity contribution in [3.05, 3.63) is 54.6 Å². The number of anilines is 3. The van der Waals surface area contributed by atoms with Crippen LogP contribution in [0.15, 0.2) is 84.0 Å². The van der Waals surface area contributed by atoms with Crippen LogP contribution in [-0.4, -0.2) is 76.2 Å². The van der Waals surface area contributed by atoms with Gasteiger partial charge in [-0.1, -0.05) is 0 Å². The van der Waals surface area contributed by atoms with Gasteiger partial charge >= 0.3 is 6.15 Å². The second-order valence-electron chi connectivity index (χ2n) is 9.64. The summed E-state index contributed by atoms with van der Waals surface area (Å²) in [6.07, 6.45) is 0. The lowest BCUT2D eigenvalue weighted by molar-refractivity contribution is 0.460. The van der Waals surface area contributed by atoms with Crippen LogP contribution in [0.25, 0.3) is 0 Å². The van der Waals surface area contributed by atoms with Crippen molar-refractivity contribution >= 4 is 82.7 Å². The molecular formula is C27H30N4O9S6. The van der Waals surface area contributed by atoms with E-state index in [2.05, 4.69) is 14.7 Å². The Labute approximate surface area is 282 Å². The minimum absolute atomic E-state index is 0. The highest BCUT2D eigenvalue weighted by Gasteiger charge is 3.00. The van der Waals surface area contributed by atoms with Crippen LogP contribution in [0.4, 0.5) is 17.1 Å². The van der Waals surface area contributed by atoms with E-state index in [9.17, 15) is 38.9 Å². The summed E-state index contributed by atoms with van der Waals surface area (Å²) in [6, 6.07) is 13.6. The van der Waals surface area contributed by atoms with Crippen molar-refractivity contribution in [1.29, 1.82) is 0 Å². The minimum Gasteiger partial charge on any atom is -0.744 e. The second-order valence-corrected chi connectivity index (χ2v) is 16.7. The molecule has 6 rings (SSSR count). The lowest BCUT2D eigenvalue weighted by Gasteiger charge is -2.15.